The van der Waals surface area contributed by atoms with E-state index in [2.05, 4.69) is 0 Å². The maximum Gasteiger partial charge on any atom is 0.160 e. The number of allylic oxidation sites excluding steroid dienone is 4. The molecule has 2 bridgehead atoms. The molecule has 3 aliphatic rings. The molecule has 12 heavy (non-hydrogen) atoms. The number of carbonyl (C=O) groups is 2. The summed E-state index contributed by atoms with van der Waals surface area (Å²) in [6.07, 6.45) is 7.39. The highest BCUT2D eigenvalue weighted by molar-refractivity contribution is 6.05. The highest BCUT2D eigenvalue weighted by atomic mass is 16.1. The van der Waals surface area contributed by atoms with E-state index in [-0.39, 0.29) is 35.2 Å². The Morgan fingerprint density at radius 3 is 2.50 bits per heavy atom. The Balaban J connectivity index is 2.13. The fourth-order valence-corrected chi connectivity index (χ4v) is 2.65. The lowest BCUT2D eigenvalue weighted by Gasteiger charge is -2.15. The van der Waals surface area contributed by atoms with Crippen molar-refractivity contribution in [2.75, 3.05) is 0 Å². The quantitative estimate of drug-likeness (QED) is 0.490. The fourth-order valence-electron chi connectivity index (χ4n) is 2.65. The van der Waals surface area contributed by atoms with Gasteiger partial charge in [0.05, 0.1) is 0 Å². The van der Waals surface area contributed by atoms with Crippen LogP contribution < -0.4 is 0 Å². The first kappa shape index (κ1) is 6.35. The monoisotopic (exact) mass is 160 g/mol. The summed E-state index contributed by atoms with van der Waals surface area (Å²) >= 11 is 0. The number of fused-ring (bicyclic) bond motifs is 5. The molecule has 4 atom stereocenters. The van der Waals surface area contributed by atoms with E-state index in [0.29, 0.717) is 0 Å². The summed E-state index contributed by atoms with van der Waals surface area (Å²) < 4.78 is 0. The average Bonchev–Trinajstić information content (AvgIpc) is 2.66. The highest BCUT2D eigenvalue weighted by Gasteiger charge is 2.54. The number of ketones is 2. The zero-order valence-corrected chi connectivity index (χ0v) is 6.44. The van der Waals surface area contributed by atoms with Crippen molar-refractivity contribution >= 4 is 11.6 Å². The molecule has 0 aromatic rings. The second kappa shape index (κ2) is 1.76. The predicted octanol–water partition coefficient (Wildman–Crippen LogP) is 0.743. The smallest absolute Gasteiger partial charge is 0.160 e. The third-order valence-corrected chi connectivity index (χ3v) is 3.21. The van der Waals surface area contributed by atoms with Crippen molar-refractivity contribution in [1.29, 1.82) is 0 Å². The maximum absolute atomic E-state index is 11.5. The second-order valence-electron chi connectivity index (χ2n) is 3.70. The zero-order valence-electron chi connectivity index (χ0n) is 6.44. The molecule has 2 heteroatoms. The van der Waals surface area contributed by atoms with Crippen molar-refractivity contribution in [2.45, 2.75) is 0 Å². The molecule has 0 radical (unpaired) electrons. The van der Waals surface area contributed by atoms with Gasteiger partial charge in [0.1, 0.15) is 5.78 Å². The molecule has 0 amide bonds. The van der Waals surface area contributed by atoms with Crippen LogP contribution in [0.1, 0.15) is 0 Å². The molecule has 2 nitrogen and oxygen atoms in total. The number of Topliss-reactive ketones (excluding diaryl/α,β-unsaturated/α-hetero) is 1. The minimum atomic E-state index is -0.0949. The van der Waals surface area contributed by atoms with Crippen LogP contribution in [0.2, 0.25) is 0 Å². The van der Waals surface area contributed by atoms with Crippen LogP contribution >= 0.6 is 0 Å². The Kier molecular flexibility index (Phi) is 0.932. The third-order valence-electron chi connectivity index (χ3n) is 3.21. The van der Waals surface area contributed by atoms with Crippen molar-refractivity contribution in [1.82, 2.24) is 0 Å². The van der Waals surface area contributed by atoms with Gasteiger partial charge in [0.25, 0.3) is 0 Å². The Bertz CT molecular complexity index is 338. The van der Waals surface area contributed by atoms with Crippen molar-refractivity contribution < 1.29 is 9.59 Å². The number of hydrogen-bond acceptors (Lipinski definition) is 2. The highest BCUT2D eigenvalue weighted by Crippen LogP contribution is 2.48. The molecule has 0 saturated heterocycles. The zero-order chi connectivity index (χ0) is 8.29. The van der Waals surface area contributed by atoms with E-state index < -0.39 is 0 Å². The van der Waals surface area contributed by atoms with E-state index >= 15 is 0 Å². The molecule has 0 N–H and O–H groups in total. The van der Waals surface area contributed by atoms with Gasteiger partial charge in [0, 0.05) is 23.7 Å². The summed E-state index contributed by atoms with van der Waals surface area (Å²) in [5.74, 6) is 0.477. The van der Waals surface area contributed by atoms with Crippen molar-refractivity contribution in [3.8, 4) is 0 Å². The van der Waals surface area contributed by atoms with E-state index in [4.69, 9.17) is 0 Å². The van der Waals surface area contributed by atoms with Crippen LogP contribution in [0.4, 0.5) is 0 Å². The summed E-state index contributed by atoms with van der Waals surface area (Å²) in [5, 5.41) is 0. The van der Waals surface area contributed by atoms with Crippen molar-refractivity contribution in [3.05, 3.63) is 24.3 Å². The summed E-state index contributed by atoms with van der Waals surface area (Å²) in [6.45, 7) is 0. The minimum Gasteiger partial charge on any atom is -0.298 e. The van der Waals surface area contributed by atoms with E-state index in [1.165, 1.54) is 0 Å². The van der Waals surface area contributed by atoms with Gasteiger partial charge in [-0.15, -0.1) is 0 Å². The van der Waals surface area contributed by atoms with Gasteiger partial charge >= 0.3 is 0 Å². The Morgan fingerprint density at radius 1 is 1.00 bits per heavy atom. The van der Waals surface area contributed by atoms with E-state index in [1.807, 2.05) is 18.2 Å². The first-order valence-electron chi connectivity index (χ1n) is 4.23. The first-order chi connectivity index (χ1) is 5.79. The summed E-state index contributed by atoms with van der Waals surface area (Å²) in [7, 11) is 0. The van der Waals surface area contributed by atoms with Gasteiger partial charge in [-0.1, -0.05) is 18.2 Å². The molecule has 0 aliphatic heterocycles. The molecule has 0 aromatic heterocycles. The molecule has 3 rings (SSSR count). The SMILES string of the molecule is O=C1C2C=CC1C1C(=O)C=CC21. The number of carbonyl (C=O) groups excluding carboxylic acids is 2. The molecule has 60 valence electrons. The van der Waals surface area contributed by atoms with Crippen LogP contribution in [0.15, 0.2) is 24.3 Å². The molecule has 1 fully saturated rings. The lowest BCUT2D eigenvalue weighted by atomic mass is 9.85. The van der Waals surface area contributed by atoms with Crippen molar-refractivity contribution in [3.63, 3.8) is 0 Å². The van der Waals surface area contributed by atoms with Gasteiger partial charge in [0.15, 0.2) is 5.78 Å². The average molecular weight is 160 g/mol. The van der Waals surface area contributed by atoms with Crippen LogP contribution in [0.5, 0.6) is 0 Å². The summed E-state index contributed by atoms with van der Waals surface area (Å²) in [4.78, 5) is 22.8. The molecule has 0 heterocycles. The first-order valence-corrected chi connectivity index (χ1v) is 4.23. The van der Waals surface area contributed by atoms with Gasteiger partial charge < -0.3 is 0 Å². The van der Waals surface area contributed by atoms with Crippen LogP contribution in [0.3, 0.4) is 0 Å². The molecule has 0 spiro atoms. The topological polar surface area (TPSA) is 34.1 Å². The molecule has 1 saturated carbocycles. The Morgan fingerprint density at radius 2 is 1.75 bits per heavy atom. The summed E-state index contributed by atoms with van der Waals surface area (Å²) in [5.41, 5.74) is 0. The summed E-state index contributed by atoms with van der Waals surface area (Å²) in [6, 6.07) is 0. The van der Waals surface area contributed by atoms with Crippen LogP contribution in [-0.2, 0) is 9.59 Å². The lowest BCUT2D eigenvalue weighted by molar-refractivity contribution is -0.124. The Hall–Kier alpha value is -1.18. The maximum atomic E-state index is 11.5. The predicted molar refractivity (Wildman–Crippen MR) is 42.3 cm³/mol. The van der Waals surface area contributed by atoms with E-state index in [1.54, 1.807) is 6.08 Å². The second-order valence-corrected chi connectivity index (χ2v) is 3.70. The molecule has 4 unspecified atom stereocenters. The molecule has 3 aliphatic carbocycles. The Labute approximate surface area is 70.0 Å². The molecule has 0 aromatic carbocycles. The largest absolute Gasteiger partial charge is 0.298 e. The van der Waals surface area contributed by atoms with Gasteiger partial charge in [-0.05, 0) is 6.08 Å². The van der Waals surface area contributed by atoms with E-state index in [9.17, 15) is 9.59 Å². The van der Waals surface area contributed by atoms with E-state index in [0.717, 1.165) is 0 Å². The lowest BCUT2D eigenvalue weighted by Crippen LogP contribution is -2.20. The molecular weight excluding hydrogens is 152 g/mol. The van der Waals surface area contributed by atoms with Gasteiger partial charge in [-0.2, -0.15) is 0 Å². The standard InChI is InChI=1S/C10H8O2/c11-8-4-3-5-6-1-2-7(9(5)8)10(6)12/h1-7,9H. The van der Waals surface area contributed by atoms with Gasteiger partial charge in [0.2, 0.25) is 0 Å². The normalized spacial score (nSPS) is 47.7. The van der Waals surface area contributed by atoms with Crippen molar-refractivity contribution in [2.24, 2.45) is 23.7 Å². The number of rotatable bonds is 0. The van der Waals surface area contributed by atoms with Crippen LogP contribution in [-0.4, -0.2) is 11.6 Å². The van der Waals surface area contributed by atoms with Crippen LogP contribution in [0.25, 0.3) is 0 Å². The number of hydrogen-bond donors (Lipinski definition) is 0. The third kappa shape index (κ3) is 0.501. The van der Waals surface area contributed by atoms with Gasteiger partial charge in [-0.3, -0.25) is 9.59 Å². The minimum absolute atomic E-state index is 0.0164. The molecular formula is C10H8O2. The fraction of sp³-hybridized carbons (Fsp3) is 0.400. The van der Waals surface area contributed by atoms with Crippen LogP contribution in [0, 0.1) is 23.7 Å². The van der Waals surface area contributed by atoms with Gasteiger partial charge in [-0.25, -0.2) is 0 Å².